The van der Waals surface area contributed by atoms with Crippen molar-refractivity contribution in [3.8, 4) is 0 Å². The fourth-order valence-corrected chi connectivity index (χ4v) is 3.13. The molecule has 104 valence electrons. The lowest BCUT2D eigenvalue weighted by Crippen LogP contribution is -2.24. The van der Waals surface area contributed by atoms with Gasteiger partial charge in [0.15, 0.2) is 0 Å². The van der Waals surface area contributed by atoms with Crippen molar-refractivity contribution in [3.63, 3.8) is 0 Å². The maximum atomic E-state index is 12.2. The molecule has 1 aliphatic heterocycles. The minimum absolute atomic E-state index is 0.249. The Morgan fingerprint density at radius 1 is 1.33 bits per heavy atom. The van der Waals surface area contributed by atoms with E-state index in [2.05, 4.69) is 15.3 Å². The standard InChI is InChI=1S/C15H12N4OS/c20-14(10-5-8-21-9-10)18-15-17-12-4-2-1-3-11(12)13-16-6-7-19(13)15/h1-5,8-9,16H,6-7H2. The minimum atomic E-state index is -0.249. The summed E-state index contributed by atoms with van der Waals surface area (Å²) in [6.07, 6.45) is 0. The molecule has 0 saturated carbocycles. The van der Waals surface area contributed by atoms with Crippen LogP contribution >= 0.6 is 11.3 Å². The normalized spacial score (nSPS) is 14.2. The van der Waals surface area contributed by atoms with Crippen molar-refractivity contribution >= 4 is 34.0 Å². The third-order valence-corrected chi connectivity index (χ3v) is 4.17. The van der Waals surface area contributed by atoms with Crippen LogP contribution in [0.1, 0.15) is 10.4 Å². The van der Waals surface area contributed by atoms with Crippen molar-refractivity contribution in [2.75, 3.05) is 11.9 Å². The van der Waals surface area contributed by atoms with Gasteiger partial charge in [0.05, 0.1) is 11.1 Å². The van der Waals surface area contributed by atoms with Gasteiger partial charge in [-0.25, -0.2) is 4.98 Å². The number of benzene rings is 1. The average Bonchev–Trinajstić information content (AvgIpc) is 3.19. The van der Waals surface area contributed by atoms with Gasteiger partial charge in [0.2, 0.25) is 5.62 Å². The van der Waals surface area contributed by atoms with E-state index < -0.39 is 0 Å². The number of thiophene rings is 1. The van der Waals surface area contributed by atoms with Gasteiger partial charge >= 0.3 is 0 Å². The number of hydrogen-bond acceptors (Lipinski definition) is 4. The lowest BCUT2D eigenvalue weighted by Gasteiger charge is -2.07. The maximum Gasteiger partial charge on any atom is 0.281 e. The summed E-state index contributed by atoms with van der Waals surface area (Å²) in [6.45, 7) is 1.59. The van der Waals surface area contributed by atoms with Crippen molar-refractivity contribution in [1.29, 1.82) is 0 Å². The molecule has 0 spiro atoms. The molecular formula is C15H12N4OS. The van der Waals surface area contributed by atoms with Crippen LogP contribution in [0.25, 0.3) is 10.9 Å². The van der Waals surface area contributed by atoms with E-state index in [1.807, 2.05) is 34.2 Å². The van der Waals surface area contributed by atoms with Crippen LogP contribution < -0.4 is 10.9 Å². The first kappa shape index (κ1) is 12.3. The van der Waals surface area contributed by atoms with E-state index in [-0.39, 0.29) is 5.91 Å². The highest BCUT2D eigenvalue weighted by atomic mass is 32.1. The Labute approximate surface area is 124 Å². The van der Waals surface area contributed by atoms with E-state index in [4.69, 9.17) is 0 Å². The van der Waals surface area contributed by atoms with Gasteiger partial charge in [-0.15, -0.1) is 0 Å². The number of fused-ring (bicyclic) bond motifs is 3. The second-order valence-electron chi connectivity index (χ2n) is 4.78. The van der Waals surface area contributed by atoms with Gasteiger partial charge in [0.1, 0.15) is 5.82 Å². The summed E-state index contributed by atoms with van der Waals surface area (Å²) in [7, 11) is 0. The highest BCUT2D eigenvalue weighted by Gasteiger charge is 2.15. The number of aromatic nitrogens is 2. The van der Waals surface area contributed by atoms with Crippen molar-refractivity contribution in [2.45, 2.75) is 6.54 Å². The van der Waals surface area contributed by atoms with E-state index in [1.165, 1.54) is 11.3 Å². The van der Waals surface area contributed by atoms with E-state index in [1.54, 1.807) is 11.4 Å². The molecule has 1 aromatic carbocycles. The predicted molar refractivity (Wildman–Crippen MR) is 82.4 cm³/mol. The van der Waals surface area contributed by atoms with E-state index >= 15 is 0 Å². The van der Waals surface area contributed by atoms with E-state index in [9.17, 15) is 4.79 Å². The quantitative estimate of drug-likeness (QED) is 0.749. The maximum absolute atomic E-state index is 12.2. The van der Waals surface area contributed by atoms with E-state index in [0.717, 1.165) is 29.8 Å². The zero-order valence-corrected chi connectivity index (χ0v) is 11.9. The van der Waals surface area contributed by atoms with Crippen molar-refractivity contribution in [2.24, 2.45) is 4.99 Å². The lowest BCUT2D eigenvalue weighted by atomic mass is 10.2. The lowest BCUT2D eigenvalue weighted by molar-refractivity contribution is 0.0997. The average molecular weight is 296 g/mol. The number of carbonyl (C=O) groups excluding carboxylic acids is 1. The number of amides is 1. The van der Waals surface area contributed by atoms with Crippen LogP contribution in [0.3, 0.4) is 0 Å². The summed E-state index contributed by atoms with van der Waals surface area (Å²) < 4.78 is 1.96. The van der Waals surface area contributed by atoms with Crippen LogP contribution in [0, 0.1) is 0 Å². The van der Waals surface area contributed by atoms with Gasteiger partial charge in [-0.1, -0.05) is 12.1 Å². The molecule has 1 aliphatic rings. The molecule has 0 bridgehead atoms. The Morgan fingerprint density at radius 2 is 2.24 bits per heavy atom. The number of rotatable bonds is 1. The molecule has 5 nitrogen and oxygen atoms in total. The molecule has 1 N–H and O–H groups in total. The molecule has 6 heteroatoms. The van der Waals surface area contributed by atoms with E-state index in [0.29, 0.717) is 11.2 Å². The van der Waals surface area contributed by atoms with Crippen LogP contribution in [-0.2, 0) is 6.54 Å². The highest BCUT2D eigenvalue weighted by molar-refractivity contribution is 7.08. The summed E-state index contributed by atoms with van der Waals surface area (Å²) in [5, 5.41) is 8.07. The third kappa shape index (κ3) is 2.04. The first-order chi connectivity index (χ1) is 10.3. The molecular weight excluding hydrogens is 284 g/mol. The van der Waals surface area contributed by atoms with Gasteiger partial charge in [-0.05, 0) is 23.6 Å². The Morgan fingerprint density at radius 3 is 3.10 bits per heavy atom. The van der Waals surface area contributed by atoms with Gasteiger partial charge in [-0.2, -0.15) is 16.3 Å². The predicted octanol–water partition coefficient (Wildman–Crippen LogP) is 2.26. The Bertz CT molecular complexity index is 896. The summed E-state index contributed by atoms with van der Waals surface area (Å²) >= 11 is 1.49. The first-order valence-electron chi connectivity index (χ1n) is 6.67. The van der Waals surface area contributed by atoms with Crippen LogP contribution in [0.4, 0.5) is 5.82 Å². The van der Waals surface area contributed by atoms with Crippen LogP contribution in [-0.4, -0.2) is 22.0 Å². The van der Waals surface area contributed by atoms with Gasteiger partial charge in [0.25, 0.3) is 5.91 Å². The molecule has 0 radical (unpaired) electrons. The summed E-state index contributed by atoms with van der Waals surface area (Å²) in [5.74, 6) is 0.734. The fraction of sp³-hybridized carbons (Fsp3) is 0.133. The van der Waals surface area contributed by atoms with Gasteiger partial charge in [-0.3, -0.25) is 9.36 Å². The Balaban J connectivity index is 1.95. The number of anilines is 1. The molecule has 4 rings (SSSR count). The fourth-order valence-electron chi connectivity index (χ4n) is 2.50. The van der Waals surface area contributed by atoms with Crippen LogP contribution in [0.2, 0.25) is 0 Å². The largest absolute Gasteiger partial charge is 0.369 e. The molecule has 0 atom stereocenters. The molecule has 3 heterocycles. The van der Waals surface area contributed by atoms with Crippen molar-refractivity contribution in [3.05, 3.63) is 52.3 Å². The van der Waals surface area contributed by atoms with Gasteiger partial charge < -0.3 is 5.32 Å². The molecule has 1 amide bonds. The number of para-hydroxylation sites is 1. The second kappa shape index (κ2) is 4.82. The molecule has 0 unspecified atom stereocenters. The number of hydrogen-bond donors (Lipinski definition) is 1. The zero-order valence-electron chi connectivity index (χ0n) is 11.1. The molecule has 0 fully saturated rings. The van der Waals surface area contributed by atoms with Gasteiger partial charge in [0, 0.05) is 23.9 Å². The summed E-state index contributed by atoms with van der Waals surface area (Å²) in [4.78, 5) is 20.9. The smallest absolute Gasteiger partial charge is 0.281 e. The highest BCUT2D eigenvalue weighted by Crippen LogP contribution is 2.22. The zero-order chi connectivity index (χ0) is 14.2. The molecule has 21 heavy (non-hydrogen) atoms. The summed E-state index contributed by atoms with van der Waals surface area (Å²) in [6, 6.07) is 9.66. The monoisotopic (exact) mass is 296 g/mol. The molecule has 0 aliphatic carbocycles. The molecule has 3 aromatic rings. The Hall–Kier alpha value is -2.47. The third-order valence-electron chi connectivity index (χ3n) is 3.49. The molecule has 0 saturated heterocycles. The minimum Gasteiger partial charge on any atom is -0.369 e. The number of nitrogens with zero attached hydrogens (tertiary/aromatic N) is 3. The van der Waals surface area contributed by atoms with Crippen molar-refractivity contribution in [1.82, 2.24) is 9.55 Å². The van der Waals surface area contributed by atoms with Crippen LogP contribution in [0.15, 0.2) is 46.1 Å². The summed E-state index contributed by atoms with van der Waals surface area (Å²) in [5.41, 5.74) is 1.91. The Kier molecular flexibility index (Phi) is 2.82. The van der Waals surface area contributed by atoms with Crippen molar-refractivity contribution < 1.29 is 4.79 Å². The molecule has 2 aromatic heterocycles. The van der Waals surface area contributed by atoms with Crippen LogP contribution in [0.5, 0.6) is 0 Å². The SMILES string of the molecule is O=C(N=c1nc2ccccc2c2n1CCN2)c1ccsc1. The second-order valence-corrected chi connectivity index (χ2v) is 5.56. The first-order valence-corrected chi connectivity index (χ1v) is 7.62. The number of carbonyl (C=O) groups is 1. The number of nitrogens with one attached hydrogen (secondary N) is 1. The topological polar surface area (TPSA) is 59.3 Å².